The van der Waals surface area contributed by atoms with E-state index in [4.69, 9.17) is 12.2 Å². The van der Waals surface area contributed by atoms with Gasteiger partial charge in [-0.15, -0.1) is 0 Å². The Morgan fingerprint density at radius 3 is 2.86 bits per heavy atom. The van der Waals surface area contributed by atoms with Crippen molar-refractivity contribution < 1.29 is 0 Å². The number of hydrogen-bond donors (Lipinski definition) is 1. The number of aromatic nitrogens is 3. The molecule has 0 radical (unpaired) electrons. The Hall–Kier alpha value is -0.640. The summed E-state index contributed by atoms with van der Waals surface area (Å²) in [6, 6.07) is 0. The molecule has 2 atom stereocenters. The van der Waals surface area contributed by atoms with Crippen LogP contribution in [0.15, 0.2) is 0 Å². The van der Waals surface area contributed by atoms with Gasteiger partial charge in [-0.25, -0.2) is 0 Å². The highest BCUT2D eigenvalue weighted by Gasteiger charge is 2.22. The van der Waals surface area contributed by atoms with Crippen molar-refractivity contribution in [3.63, 3.8) is 0 Å². The molecule has 1 N–H and O–H groups in total. The molecule has 3 nitrogen and oxygen atoms in total. The Balaban J connectivity index is 2.07. The zero-order valence-electron chi connectivity index (χ0n) is 8.79. The van der Waals surface area contributed by atoms with Crippen molar-refractivity contribution in [2.24, 2.45) is 11.8 Å². The van der Waals surface area contributed by atoms with Crippen molar-refractivity contribution in [2.75, 3.05) is 0 Å². The lowest BCUT2D eigenvalue weighted by molar-refractivity contribution is 0.433. The normalized spacial score (nSPS) is 27.0. The molecule has 1 aliphatic rings. The predicted octanol–water partition coefficient (Wildman–Crippen LogP) is 2.69. The van der Waals surface area contributed by atoms with Crippen LogP contribution in [0.1, 0.15) is 32.0 Å². The second kappa shape index (κ2) is 3.85. The van der Waals surface area contributed by atoms with E-state index in [1.54, 1.807) is 0 Å². The molecular weight excluding hydrogens is 194 g/mol. The highest BCUT2D eigenvalue weighted by atomic mass is 32.1. The smallest absolute Gasteiger partial charge is 0.195 e. The summed E-state index contributed by atoms with van der Waals surface area (Å²) in [5.41, 5.74) is 0. The van der Waals surface area contributed by atoms with Gasteiger partial charge in [0.2, 0.25) is 0 Å². The van der Waals surface area contributed by atoms with Crippen molar-refractivity contribution in [3.05, 3.63) is 10.6 Å². The number of aryl methyl sites for hydroxylation is 1. The molecule has 0 spiro atoms. The molecule has 1 fully saturated rings. The van der Waals surface area contributed by atoms with Gasteiger partial charge in [0, 0.05) is 6.54 Å². The zero-order chi connectivity index (χ0) is 10.1. The van der Waals surface area contributed by atoms with Crippen molar-refractivity contribution >= 4 is 12.2 Å². The van der Waals surface area contributed by atoms with Gasteiger partial charge in [-0.05, 0) is 43.8 Å². The second-order valence-electron chi connectivity index (χ2n) is 4.47. The van der Waals surface area contributed by atoms with E-state index in [-0.39, 0.29) is 0 Å². The molecule has 0 bridgehead atoms. The van der Waals surface area contributed by atoms with Crippen LogP contribution in [0.2, 0.25) is 0 Å². The Bertz CT molecular complexity index is 366. The average molecular weight is 211 g/mol. The summed E-state index contributed by atoms with van der Waals surface area (Å²) in [5, 5.41) is 6.96. The van der Waals surface area contributed by atoms with E-state index in [0.29, 0.717) is 0 Å². The molecule has 4 heteroatoms. The predicted molar refractivity (Wildman–Crippen MR) is 58.7 cm³/mol. The van der Waals surface area contributed by atoms with E-state index in [0.717, 1.165) is 29.0 Å². The SMILES string of the molecule is Cc1n[nH]c(=S)n1CC1CCC(C)C1. The van der Waals surface area contributed by atoms with Crippen molar-refractivity contribution in [3.8, 4) is 0 Å². The van der Waals surface area contributed by atoms with E-state index in [1.807, 2.05) is 6.92 Å². The first-order valence-corrected chi connectivity index (χ1v) is 5.69. The number of rotatable bonds is 2. The molecule has 2 unspecified atom stereocenters. The summed E-state index contributed by atoms with van der Waals surface area (Å²) in [4.78, 5) is 0. The van der Waals surface area contributed by atoms with Crippen LogP contribution in [-0.2, 0) is 6.54 Å². The van der Waals surface area contributed by atoms with Gasteiger partial charge in [0.25, 0.3) is 0 Å². The molecular formula is C10H17N3S. The fraction of sp³-hybridized carbons (Fsp3) is 0.800. The molecule has 1 aromatic rings. The fourth-order valence-corrected chi connectivity index (χ4v) is 2.61. The van der Waals surface area contributed by atoms with Gasteiger partial charge >= 0.3 is 0 Å². The van der Waals surface area contributed by atoms with Crippen LogP contribution < -0.4 is 0 Å². The largest absolute Gasteiger partial charge is 0.304 e. The molecule has 1 heterocycles. The van der Waals surface area contributed by atoms with Crippen LogP contribution >= 0.6 is 12.2 Å². The molecule has 1 saturated carbocycles. The minimum atomic E-state index is 0.766. The Morgan fingerprint density at radius 2 is 2.36 bits per heavy atom. The Morgan fingerprint density at radius 1 is 1.57 bits per heavy atom. The minimum Gasteiger partial charge on any atom is -0.304 e. The van der Waals surface area contributed by atoms with E-state index in [1.165, 1.54) is 19.3 Å². The fourth-order valence-electron chi connectivity index (χ4n) is 2.36. The summed E-state index contributed by atoms with van der Waals surface area (Å²) < 4.78 is 2.89. The van der Waals surface area contributed by atoms with Crippen molar-refractivity contribution in [2.45, 2.75) is 39.7 Å². The van der Waals surface area contributed by atoms with Crippen LogP contribution in [0, 0.1) is 23.5 Å². The van der Waals surface area contributed by atoms with Gasteiger partial charge < -0.3 is 4.57 Å². The minimum absolute atomic E-state index is 0.766. The van der Waals surface area contributed by atoms with Gasteiger partial charge in [0.15, 0.2) is 4.77 Å². The van der Waals surface area contributed by atoms with Gasteiger partial charge in [-0.1, -0.05) is 13.3 Å². The summed E-state index contributed by atoms with van der Waals surface area (Å²) in [6.45, 7) is 5.39. The first-order valence-electron chi connectivity index (χ1n) is 5.28. The molecule has 0 aliphatic heterocycles. The quantitative estimate of drug-likeness (QED) is 0.763. The maximum atomic E-state index is 5.18. The van der Waals surface area contributed by atoms with Crippen LogP contribution in [0.4, 0.5) is 0 Å². The maximum absolute atomic E-state index is 5.18. The molecule has 0 saturated heterocycles. The lowest BCUT2D eigenvalue weighted by Crippen LogP contribution is -2.09. The van der Waals surface area contributed by atoms with Crippen LogP contribution in [0.25, 0.3) is 0 Å². The third-order valence-corrected chi connectivity index (χ3v) is 3.50. The topological polar surface area (TPSA) is 33.6 Å². The lowest BCUT2D eigenvalue weighted by atomic mass is 10.1. The summed E-state index contributed by atoms with van der Waals surface area (Å²) in [7, 11) is 0. The van der Waals surface area contributed by atoms with Crippen LogP contribution in [-0.4, -0.2) is 14.8 Å². The number of aromatic amines is 1. The summed E-state index contributed by atoms with van der Waals surface area (Å²) in [5.74, 6) is 2.70. The first-order chi connectivity index (χ1) is 6.66. The maximum Gasteiger partial charge on any atom is 0.195 e. The van der Waals surface area contributed by atoms with E-state index >= 15 is 0 Å². The molecule has 78 valence electrons. The third kappa shape index (κ3) is 1.90. The van der Waals surface area contributed by atoms with Gasteiger partial charge in [0.1, 0.15) is 5.82 Å². The third-order valence-electron chi connectivity index (χ3n) is 3.19. The second-order valence-corrected chi connectivity index (χ2v) is 4.86. The monoisotopic (exact) mass is 211 g/mol. The first kappa shape index (κ1) is 9.90. The number of nitrogens with one attached hydrogen (secondary N) is 1. The molecule has 0 aromatic carbocycles. The molecule has 2 rings (SSSR count). The highest BCUT2D eigenvalue weighted by molar-refractivity contribution is 7.71. The molecule has 1 aromatic heterocycles. The number of H-pyrrole nitrogens is 1. The van der Waals surface area contributed by atoms with Crippen LogP contribution in [0.3, 0.4) is 0 Å². The van der Waals surface area contributed by atoms with Gasteiger partial charge in [0.05, 0.1) is 0 Å². The zero-order valence-corrected chi connectivity index (χ0v) is 9.60. The van der Waals surface area contributed by atoms with E-state index in [9.17, 15) is 0 Å². The van der Waals surface area contributed by atoms with Crippen molar-refractivity contribution in [1.29, 1.82) is 0 Å². The molecule has 14 heavy (non-hydrogen) atoms. The lowest BCUT2D eigenvalue weighted by Gasteiger charge is -2.10. The van der Waals surface area contributed by atoms with Gasteiger partial charge in [-0.2, -0.15) is 5.10 Å². The highest BCUT2D eigenvalue weighted by Crippen LogP contribution is 2.31. The number of nitrogens with zero attached hydrogens (tertiary/aromatic N) is 2. The standard InChI is InChI=1S/C10H17N3S/c1-7-3-4-9(5-7)6-13-8(2)11-12-10(13)14/h7,9H,3-6H2,1-2H3,(H,12,14). The number of hydrogen-bond acceptors (Lipinski definition) is 2. The average Bonchev–Trinajstić information content (AvgIpc) is 2.67. The Labute approximate surface area is 89.5 Å². The van der Waals surface area contributed by atoms with Crippen molar-refractivity contribution in [1.82, 2.24) is 14.8 Å². The Kier molecular flexibility index (Phi) is 2.72. The van der Waals surface area contributed by atoms with Gasteiger partial charge in [-0.3, -0.25) is 5.10 Å². The summed E-state index contributed by atoms with van der Waals surface area (Å²) >= 11 is 5.18. The molecule has 0 amide bonds. The van der Waals surface area contributed by atoms with Crippen LogP contribution in [0.5, 0.6) is 0 Å². The van der Waals surface area contributed by atoms with E-state index < -0.39 is 0 Å². The summed E-state index contributed by atoms with van der Waals surface area (Å²) in [6.07, 6.45) is 4.05. The molecule has 1 aliphatic carbocycles. The van der Waals surface area contributed by atoms with E-state index in [2.05, 4.69) is 21.7 Å².